The Morgan fingerprint density at radius 1 is 1.40 bits per heavy atom. The van der Waals surface area contributed by atoms with Gasteiger partial charge in [0, 0.05) is 6.07 Å². The lowest BCUT2D eigenvalue weighted by Crippen LogP contribution is -2.18. The highest BCUT2D eigenvalue weighted by Gasteiger charge is 2.35. The summed E-state index contributed by atoms with van der Waals surface area (Å²) < 4.78 is 61.3. The van der Waals surface area contributed by atoms with E-state index in [1.165, 1.54) is 13.0 Å². The van der Waals surface area contributed by atoms with Gasteiger partial charge in [-0.15, -0.1) is 19.6 Å². The largest absolute Gasteiger partial charge is 0.573 e. The van der Waals surface area contributed by atoms with Crippen LogP contribution in [0.25, 0.3) is 5.69 Å². The number of rotatable bonds is 4. The van der Waals surface area contributed by atoms with E-state index in [-0.39, 0.29) is 28.8 Å². The van der Waals surface area contributed by atoms with Crippen molar-refractivity contribution in [3.05, 3.63) is 34.4 Å². The van der Waals surface area contributed by atoms with E-state index in [2.05, 4.69) is 15.8 Å². The molecule has 5 nitrogen and oxygen atoms in total. The van der Waals surface area contributed by atoms with E-state index in [1.807, 2.05) is 0 Å². The zero-order valence-corrected chi connectivity index (χ0v) is 13.2. The van der Waals surface area contributed by atoms with Crippen LogP contribution in [0, 0.1) is 36.4 Å². The van der Waals surface area contributed by atoms with Crippen molar-refractivity contribution in [3.8, 4) is 35.6 Å². The second kappa shape index (κ2) is 6.91. The third-order valence-corrected chi connectivity index (χ3v) is 3.17. The van der Waals surface area contributed by atoms with Crippen LogP contribution in [-0.4, -0.2) is 22.7 Å². The molecule has 0 saturated heterocycles. The first kappa shape index (κ1) is 18.4. The fourth-order valence-electron chi connectivity index (χ4n) is 1.93. The second-order valence-corrected chi connectivity index (χ2v) is 4.97. The van der Waals surface area contributed by atoms with Crippen molar-refractivity contribution in [1.29, 1.82) is 5.26 Å². The zero-order chi connectivity index (χ0) is 18.8. The predicted octanol–water partition coefficient (Wildman–Crippen LogP) is 3.76. The summed E-state index contributed by atoms with van der Waals surface area (Å²) in [6, 6.07) is 3.45. The number of ether oxygens (including phenoxy) is 2. The molecule has 2 rings (SSSR count). The highest BCUT2D eigenvalue weighted by Crippen LogP contribution is 2.34. The van der Waals surface area contributed by atoms with Crippen molar-refractivity contribution in [2.45, 2.75) is 13.3 Å². The average Bonchev–Trinajstić information content (AvgIpc) is 2.80. The number of nitriles is 1. The quantitative estimate of drug-likeness (QED) is 0.605. The SMILES string of the molecule is C#CCOc1cc(-n2nc(C)c(OC(F)(F)F)c2C#N)c(F)cc1Cl. The van der Waals surface area contributed by atoms with Crippen LogP contribution in [-0.2, 0) is 0 Å². The molecule has 0 radical (unpaired) electrons. The van der Waals surface area contributed by atoms with Gasteiger partial charge in [-0.1, -0.05) is 17.5 Å². The Bertz CT molecular complexity index is 894. The fraction of sp³-hybridized carbons (Fsp3) is 0.200. The third-order valence-electron chi connectivity index (χ3n) is 2.87. The van der Waals surface area contributed by atoms with Crippen LogP contribution in [0.15, 0.2) is 12.1 Å². The summed E-state index contributed by atoms with van der Waals surface area (Å²) in [7, 11) is 0. The van der Waals surface area contributed by atoms with E-state index in [4.69, 9.17) is 28.0 Å². The summed E-state index contributed by atoms with van der Waals surface area (Å²) in [5, 5.41) is 12.8. The van der Waals surface area contributed by atoms with Crippen LogP contribution in [0.2, 0.25) is 5.02 Å². The molecule has 0 N–H and O–H groups in total. The average molecular weight is 374 g/mol. The normalized spacial score (nSPS) is 10.9. The van der Waals surface area contributed by atoms with Crippen molar-refractivity contribution < 1.29 is 27.0 Å². The molecule has 0 aliphatic rings. The van der Waals surface area contributed by atoms with Crippen LogP contribution >= 0.6 is 11.6 Å². The topological polar surface area (TPSA) is 60.1 Å². The van der Waals surface area contributed by atoms with Gasteiger partial charge in [0.25, 0.3) is 0 Å². The zero-order valence-electron chi connectivity index (χ0n) is 12.5. The van der Waals surface area contributed by atoms with Gasteiger partial charge in [-0.3, -0.25) is 0 Å². The minimum absolute atomic E-state index is 0.0219. The molecule has 0 unspecified atom stereocenters. The van der Waals surface area contributed by atoms with Gasteiger partial charge in [0.05, 0.1) is 5.02 Å². The smallest absolute Gasteiger partial charge is 0.479 e. The van der Waals surface area contributed by atoms with Crippen LogP contribution in [0.4, 0.5) is 17.6 Å². The van der Waals surface area contributed by atoms with E-state index >= 15 is 0 Å². The summed E-state index contributed by atoms with van der Waals surface area (Å²) in [6.45, 7) is 1.01. The Hall–Kier alpha value is -2.91. The minimum Gasteiger partial charge on any atom is -0.479 e. The third kappa shape index (κ3) is 3.95. The molecule has 0 amide bonds. The van der Waals surface area contributed by atoms with Gasteiger partial charge in [0.15, 0.2) is 17.3 Å². The number of aromatic nitrogens is 2. The van der Waals surface area contributed by atoms with Crippen molar-refractivity contribution >= 4 is 11.6 Å². The van der Waals surface area contributed by atoms with E-state index in [0.717, 1.165) is 12.1 Å². The number of nitrogens with zero attached hydrogens (tertiary/aromatic N) is 3. The Morgan fingerprint density at radius 2 is 2.08 bits per heavy atom. The van der Waals surface area contributed by atoms with Gasteiger partial charge in [-0.25, -0.2) is 9.07 Å². The molecule has 1 heterocycles. The molecule has 0 aliphatic carbocycles. The lowest BCUT2D eigenvalue weighted by atomic mass is 10.2. The van der Waals surface area contributed by atoms with Crippen molar-refractivity contribution in [2.24, 2.45) is 0 Å². The number of benzene rings is 1. The summed E-state index contributed by atoms with van der Waals surface area (Å²) in [5.74, 6) is 0.404. The number of hydrogen-bond donors (Lipinski definition) is 0. The minimum atomic E-state index is -5.04. The molecular weight excluding hydrogens is 366 g/mol. The summed E-state index contributed by atoms with van der Waals surface area (Å²) in [5.41, 5.74) is -1.25. The maximum atomic E-state index is 14.2. The Balaban J connectivity index is 2.61. The molecule has 0 atom stereocenters. The molecule has 0 bridgehead atoms. The van der Waals surface area contributed by atoms with Crippen molar-refractivity contribution in [3.63, 3.8) is 0 Å². The summed E-state index contributed by atoms with van der Waals surface area (Å²) in [6.07, 6.45) is 0.0194. The van der Waals surface area contributed by atoms with Gasteiger partial charge >= 0.3 is 6.36 Å². The number of aryl methyl sites for hydroxylation is 1. The second-order valence-electron chi connectivity index (χ2n) is 4.56. The molecular formula is C15H8ClF4N3O2. The van der Waals surface area contributed by atoms with E-state index < -0.39 is 23.6 Å². The molecule has 25 heavy (non-hydrogen) atoms. The lowest BCUT2D eigenvalue weighted by Gasteiger charge is -2.11. The highest BCUT2D eigenvalue weighted by atomic mass is 35.5. The van der Waals surface area contributed by atoms with Crippen molar-refractivity contribution in [1.82, 2.24) is 9.78 Å². The Labute approximate surface area is 144 Å². The van der Waals surface area contributed by atoms with E-state index in [1.54, 1.807) is 0 Å². The highest BCUT2D eigenvalue weighted by molar-refractivity contribution is 6.32. The number of alkyl halides is 3. The van der Waals surface area contributed by atoms with Crippen molar-refractivity contribution in [2.75, 3.05) is 6.61 Å². The first-order valence-corrected chi connectivity index (χ1v) is 6.87. The molecule has 0 saturated carbocycles. The molecule has 130 valence electrons. The first-order chi connectivity index (χ1) is 11.7. The van der Waals surface area contributed by atoms with E-state index in [0.29, 0.717) is 4.68 Å². The van der Waals surface area contributed by atoms with Crippen LogP contribution in [0.1, 0.15) is 11.4 Å². The molecule has 0 aliphatic heterocycles. The van der Waals surface area contributed by atoms with Crippen LogP contribution in [0.5, 0.6) is 11.5 Å². The fourth-order valence-corrected chi connectivity index (χ4v) is 2.14. The van der Waals surface area contributed by atoms with Gasteiger partial charge in [0.2, 0.25) is 0 Å². The van der Waals surface area contributed by atoms with E-state index in [9.17, 15) is 17.6 Å². The molecule has 0 fully saturated rings. The van der Waals surface area contributed by atoms with Gasteiger partial charge in [-0.2, -0.15) is 10.4 Å². The Kier molecular flexibility index (Phi) is 5.10. The summed E-state index contributed by atoms with van der Waals surface area (Å²) in [4.78, 5) is 0. The van der Waals surface area contributed by atoms with Gasteiger partial charge < -0.3 is 9.47 Å². The standard InChI is InChI=1S/C15H8ClF4N3O2/c1-3-4-24-13-6-11(10(17)5-9(13)16)23-12(7-21)14(8(2)22-23)25-15(18,19)20/h1,5-6H,4H2,2H3. The van der Waals surface area contributed by atoms with Crippen LogP contribution < -0.4 is 9.47 Å². The maximum absolute atomic E-state index is 14.2. The lowest BCUT2D eigenvalue weighted by molar-refractivity contribution is -0.275. The monoisotopic (exact) mass is 373 g/mol. The number of halogens is 5. The molecule has 1 aromatic heterocycles. The Morgan fingerprint density at radius 3 is 2.64 bits per heavy atom. The van der Waals surface area contributed by atoms with Gasteiger partial charge in [0.1, 0.15) is 29.8 Å². The predicted molar refractivity (Wildman–Crippen MR) is 79.0 cm³/mol. The maximum Gasteiger partial charge on any atom is 0.573 e. The van der Waals surface area contributed by atoms with Gasteiger partial charge in [-0.05, 0) is 13.0 Å². The number of hydrogen-bond acceptors (Lipinski definition) is 4. The molecule has 1 aromatic carbocycles. The molecule has 10 heteroatoms. The van der Waals surface area contributed by atoms with Crippen LogP contribution in [0.3, 0.4) is 0 Å². The number of terminal acetylenes is 1. The molecule has 2 aromatic rings. The first-order valence-electron chi connectivity index (χ1n) is 6.49. The summed E-state index contributed by atoms with van der Waals surface area (Å²) >= 11 is 5.82. The molecule has 0 spiro atoms.